The number of hydrogen-bond donors (Lipinski definition) is 0. The van der Waals surface area contributed by atoms with Crippen LogP contribution in [0.25, 0.3) is 10.2 Å². The molecule has 37 heavy (non-hydrogen) atoms. The van der Waals surface area contributed by atoms with Gasteiger partial charge in [-0.15, -0.1) is 0 Å². The van der Waals surface area contributed by atoms with Gasteiger partial charge in [0.1, 0.15) is 11.3 Å². The average molecular weight is 546 g/mol. The lowest BCUT2D eigenvalue weighted by atomic mass is 10.2. The van der Waals surface area contributed by atoms with Gasteiger partial charge in [0.15, 0.2) is 5.13 Å². The van der Waals surface area contributed by atoms with Crippen LogP contribution in [0, 0.1) is 0 Å². The van der Waals surface area contributed by atoms with Crippen LogP contribution in [-0.2, 0) is 14.8 Å². The van der Waals surface area contributed by atoms with E-state index < -0.39 is 10.0 Å². The number of anilines is 1. The van der Waals surface area contributed by atoms with Crippen molar-refractivity contribution >= 4 is 42.6 Å². The SMILES string of the molecule is CCCCN(CC)S(=O)(=O)c1ccc(C(=O)N(CC2CCCO2)c2nc3c(OCC)cccc3s2)cc1. The van der Waals surface area contributed by atoms with E-state index >= 15 is 0 Å². The third-order valence-electron chi connectivity index (χ3n) is 6.41. The van der Waals surface area contributed by atoms with Gasteiger partial charge in [-0.3, -0.25) is 9.69 Å². The number of fused-ring (bicyclic) bond motifs is 1. The maximum Gasteiger partial charge on any atom is 0.260 e. The second-order valence-corrected chi connectivity index (χ2v) is 11.9. The Labute approximate surface area is 223 Å². The lowest BCUT2D eigenvalue weighted by Crippen LogP contribution is -2.37. The van der Waals surface area contributed by atoms with E-state index in [9.17, 15) is 13.2 Å². The Bertz CT molecular complexity index is 1300. The number of para-hydroxylation sites is 1. The van der Waals surface area contributed by atoms with Crippen LogP contribution in [0.4, 0.5) is 5.13 Å². The summed E-state index contributed by atoms with van der Waals surface area (Å²) in [6, 6.07) is 12.0. The number of carbonyl (C=O) groups is 1. The average Bonchev–Trinajstić information content (AvgIpc) is 3.58. The minimum absolute atomic E-state index is 0.0707. The predicted octanol–water partition coefficient (Wildman–Crippen LogP) is 5.33. The van der Waals surface area contributed by atoms with Crippen LogP contribution in [0.15, 0.2) is 47.4 Å². The Morgan fingerprint density at radius 2 is 1.95 bits per heavy atom. The van der Waals surface area contributed by atoms with E-state index in [1.165, 1.54) is 27.8 Å². The number of nitrogens with zero attached hydrogens (tertiary/aromatic N) is 3. The fourth-order valence-electron chi connectivity index (χ4n) is 4.40. The first-order chi connectivity index (χ1) is 17.9. The number of carbonyl (C=O) groups excluding carboxylic acids is 1. The quantitative estimate of drug-likeness (QED) is 0.306. The molecule has 1 aliphatic rings. The summed E-state index contributed by atoms with van der Waals surface area (Å²) in [5.74, 6) is 0.444. The van der Waals surface area contributed by atoms with Gasteiger partial charge in [0.2, 0.25) is 10.0 Å². The number of benzene rings is 2. The van der Waals surface area contributed by atoms with E-state index in [4.69, 9.17) is 14.5 Å². The van der Waals surface area contributed by atoms with E-state index in [1.807, 2.05) is 39.0 Å². The highest BCUT2D eigenvalue weighted by Crippen LogP contribution is 2.35. The Hall–Kier alpha value is -2.53. The Morgan fingerprint density at radius 3 is 2.59 bits per heavy atom. The van der Waals surface area contributed by atoms with Crippen molar-refractivity contribution in [1.29, 1.82) is 0 Å². The zero-order valence-corrected chi connectivity index (χ0v) is 23.3. The molecule has 3 aromatic rings. The zero-order chi connectivity index (χ0) is 26.4. The Kier molecular flexibility index (Phi) is 9.17. The molecule has 0 N–H and O–H groups in total. The predicted molar refractivity (Wildman–Crippen MR) is 147 cm³/mol. The molecule has 200 valence electrons. The lowest BCUT2D eigenvalue weighted by Gasteiger charge is -2.23. The van der Waals surface area contributed by atoms with Gasteiger partial charge in [0, 0.05) is 25.3 Å². The van der Waals surface area contributed by atoms with E-state index in [0.29, 0.717) is 49.3 Å². The monoisotopic (exact) mass is 545 g/mol. The number of amides is 1. The Morgan fingerprint density at radius 1 is 1.16 bits per heavy atom. The third-order valence-corrected chi connectivity index (χ3v) is 9.44. The van der Waals surface area contributed by atoms with Crippen molar-refractivity contribution in [2.45, 2.75) is 57.5 Å². The van der Waals surface area contributed by atoms with Gasteiger partial charge < -0.3 is 9.47 Å². The first-order valence-corrected chi connectivity index (χ1v) is 15.2. The molecule has 0 bridgehead atoms. The van der Waals surface area contributed by atoms with E-state index in [-0.39, 0.29) is 16.9 Å². The van der Waals surface area contributed by atoms with Gasteiger partial charge in [0.25, 0.3) is 5.91 Å². The summed E-state index contributed by atoms with van der Waals surface area (Å²) in [4.78, 5) is 20.4. The summed E-state index contributed by atoms with van der Waals surface area (Å²) in [5, 5.41) is 0.566. The number of hydrogen-bond acceptors (Lipinski definition) is 7. The number of ether oxygens (including phenoxy) is 2. The van der Waals surface area contributed by atoms with Crippen LogP contribution in [0.3, 0.4) is 0 Å². The van der Waals surface area contributed by atoms with Crippen LogP contribution < -0.4 is 9.64 Å². The van der Waals surface area contributed by atoms with Crippen molar-refractivity contribution < 1.29 is 22.7 Å². The van der Waals surface area contributed by atoms with Crippen molar-refractivity contribution in [2.24, 2.45) is 0 Å². The lowest BCUT2D eigenvalue weighted by molar-refractivity contribution is 0.0917. The molecule has 10 heteroatoms. The van der Waals surface area contributed by atoms with Gasteiger partial charge in [-0.1, -0.05) is 37.7 Å². The topological polar surface area (TPSA) is 89.0 Å². The number of unbranched alkanes of at least 4 members (excludes halogenated alkanes) is 1. The van der Waals surface area contributed by atoms with E-state index in [1.54, 1.807) is 17.0 Å². The first-order valence-electron chi connectivity index (χ1n) is 12.9. The summed E-state index contributed by atoms with van der Waals surface area (Å²) in [7, 11) is -3.62. The zero-order valence-electron chi connectivity index (χ0n) is 21.7. The van der Waals surface area contributed by atoms with Gasteiger partial charge in [-0.25, -0.2) is 13.4 Å². The summed E-state index contributed by atoms with van der Waals surface area (Å²) in [5.41, 5.74) is 1.13. The number of rotatable bonds is 12. The van der Waals surface area contributed by atoms with Gasteiger partial charge in [-0.05, 0) is 62.6 Å². The number of aromatic nitrogens is 1. The molecule has 1 aromatic heterocycles. The molecule has 1 saturated heterocycles. The normalized spacial score (nSPS) is 15.9. The molecule has 8 nitrogen and oxygen atoms in total. The van der Waals surface area contributed by atoms with Gasteiger partial charge in [0.05, 0.1) is 28.9 Å². The Balaban J connectivity index is 1.64. The molecule has 1 amide bonds. The summed E-state index contributed by atoms with van der Waals surface area (Å²) < 4.78 is 40.2. The molecule has 0 radical (unpaired) electrons. The summed E-state index contributed by atoms with van der Waals surface area (Å²) >= 11 is 1.43. The standard InChI is InChI=1S/C27H35N3O5S2/c1-4-7-17-29(5-2)37(32,33)22-15-13-20(14-16-22)26(31)30(19-21-10-9-18-35-21)27-28-25-23(34-6-3)11-8-12-24(25)36-27/h8,11-16,21H,4-7,9-10,17-19H2,1-3H3. The number of sulfonamides is 1. The van der Waals surface area contributed by atoms with E-state index in [2.05, 4.69) is 0 Å². The van der Waals surface area contributed by atoms with Crippen molar-refractivity contribution in [3.63, 3.8) is 0 Å². The largest absolute Gasteiger partial charge is 0.492 e. The molecule has 0 spiro atoms. The maximum absolute atomic E-state index is 13.8. The highest BCUT2D eigenvalue weighted by molar-refractivity contribution is 7.89. The molecule has 2 aromatic carbocycles. The van der Waals surface area contributed by atoms with Crippen LogP contribution in [0.2, 0.25) is 0 Å². The fraction of sp³-hybridized carbons (Fsp3) is 0.481. The first kappa shape index (κ1) is 27.5. The minimum Gasteiger partial charge on any atom is -0.492 e. The molecule has 2 heterocycles. The smallest absolute Gasteiger partial charge is 0.260 e. The summed E-state index contributed by atoms with van der Waals surface area (Å²) in [6.45, 7) is 8.25. The van der Waals surface area contributed by atoms with Crippen LogP contribution in [-0.4, -0.2) is 62.6 Å². The highest BCUT2D eigenvalue weighted by atomic mass is 32.2. The van der Waals surface area contributed by atoms with Crippen LogP contribution in [0.5, 0.6) is 5.75 Å². The van der Waals surface area contributed by atoms with Gasteiger partial charge >= 0.3 is 0 Å². The molecule has 1 aliphatic heterocycles. The second-order valence-electron chi connectivity index (χ2n) is 8.96. The molecular formula is C27H35N3O5S2. The van der Waals surface area contributed by atoms with Crippen molar-refractivity contribution in [1.82, 2.24) is 9.29 Å². The number of thiazole rings is 1. The van der Waals surface area contributed by atoms with E-state index in [0.717, 1.165) is 35.9 Å². The van der Waals surface area contributed by atoms with Crippen LogP contribution >= 0.6 is 11.3 Å². The molecule has 1 fully saturated rings. The molecule has 4 rings (SSSR count). The maximum atomic E-state index is 13.8. The summed E-state index contributed by atoms with van der Waals surface area (Å²) in [6.07, 6.45) is 3.48. The molecule has 0 saturated carbocycles. The molecule has 1 unspecified atom stereocenters. The molecule has 0 aliphatic carbocycles. The van der Waals surface area contributed by atoms with Crippen LogP contribution in [0.1, 0.15) is 56.8 Å². The second kappa shape index (κ2) is 12.3. The van der Waals surface area contributed by atoms with Crippen molar-refractivity contribution in [3.05, 3.63) is 48.0 Å². The molecule has 1 atom stereocenters. The molecular weight excluding hydrogens is 510 g/mol. The van der Waals surface area contributed by atoms with Crippen molar-refractivity contribution in [3.8, 4) is 5.75 Å². The van der Waals surface area contributed by atoms with Gasteiger partial charge in [-0.2, -0.15) is 4.31 Å². The fourth-order valence-corrected chi connectivity index (χ4v) is 6.87. The third kappa shape index (κ3) is 6.14. The van der Waals surface area contributed by atoms with Crippen molar-refractivity contribution in [2.75, 3.05) is 37.7 Å². The highest BCUT2D eigenvalue weighted by Gasteiger charge is 2.28. The minimum atomic E-state index is -3.62.